The highest BCUT2D eigenvalue weighted by Crippen LogP contribution is 2.42. The minimum Gasteiger partial charge on any atom is -0.309 e. The van der Waals surface area contributed by atoms with Crippen LogP contribution >= 0.6 is 11.3 Å². The van der Waals surface area contributed by atoms with E-state index in [1.54, 1.807) is 11.3 Å². The van der Waals surface area contributed by atoms with Gasteiger partial charge in [-0.05, 0) is 66.7 Å². The van der Waals surface area contributed by atoms with Gasteiger partial charge in [0.1, 0.15) is 0 Å². The van der Waals surface area contributed by atoms with Gasteiger partial charge in [-0.1, -0.05) is 114 Å². The Bertz CT molecular complexity index is 3030. The summed E-state index contributed by atoms with van der Waals surface area (Å²) >= 11 is 1.74. The third kappa shape index (κ3) is 3.89. The van der Waals surface area contributed by atoms with E-state index in [1.165, 1.54) is 53.8 Å². The molecule has 0 aliphatic carbocycles. The monoisotopic (exact) mass is 656 g/mol. The molecule has 4 heterocycles. The molecule has 0 aliphatic heterocycles. The fourth-order valence-electron chi connectivity index (χ4n) is 7.94. The summed E-state index contributed by atoms with van der Waals surface area (Å²) in [7, 11) is 0. The molecule has 0 atom stereocenters. The zero-order valence-electron chi connectivity index (χ0n) is 26.9. The molecule has 0 bridgehead atoms. The Balaban J connectivity index is 1.21. The average molecular weight is 657 g/mol. The molecule has 0 saturated heterocycles. The van der Waals surface area contributed by atoms with Crippen LogP contribution in [-0.2, 0) is 0 Å². The molecule has 5 heteroatoms. The van der Waals surface area contributed by atoms with E-state index >= 15 is 0 Å². The quantitative estimate of drug-likeness (QED) is 0.185. The molecule has 0 spiro atoms. The standard InChI is InChI=1S/C45H28N4S/c1-3-13-29(14-4-1)44-43(46-45-49(44)41-21-11-12-22-42(41)50-45)30-23-25-39-35(27-30)36-28-32(24-26-40(36)47(39)31-15-5-2-6-16-31)48-37-19-9-7-17-33(37)34-18-8-10-20-38(34)48/h1-28H. The van der Waals surface area contributed by atoms with Gasteiger partial charge >= 0.3 is 0 Å². The van der Waals surface area contributed by atoms with E-state index in [0.29, 0.717) is 0 Å². The number of rotatable bonds is 4. The van der Waals surface area contributed by atoms with E-state index in [4.69, 9.17) is 4.98 Å². The summed E-state index contributed by atoms with van der Waals surface area (Å²) in [6.07, 6.45) is 0. The van der Waals surface area contributed by atoms with Gasteiger partial charge in [0.2, 0.25) is 0 Å². The Kier molecular flexibility index (Phi) is 5.80. The van der Waals surface area contributed by atoms with Crippen LogP contribution in [0.4, 0.5) is 0 Å². The highest BCUT2D eigenvalue weighted by molar-refractivity contribution is 7.23. The van der Waals surface area contributed by atoms with Crippen molar-refractivity contribution in [2.45, 2.75) is 0 Å². The fourth-order valence-corrected chi connectivity index (χ4v) is 8.96. The predicted octanol–water partition coefficient (Wildman–Crippen LogP) is 12.1. The van der Waals surface area contributed by atoms with E-state index in [2.05, 4.69) is 183 Å². The van der Waals surface area contributed by atoms with Crippen LogP contribution < -0.4 is 0 Å². The normalized spacial score (nSPS) is 12.0. The molecule has 0 N–H and O–H groups in total. The zero-order valence-corrected chi connectivity index (χ0v) is 27.7. The molecule has 0 unspecified atom stereocenters. The van der Waals surface area contributed by atoms with Crippen molar-refractivity contribution in [3.05, 3.63) is 170 Å². The number of nitrogens with zero attached hydrogens (tertiary/aromatic N) is 4. The van der Waals surface area contributed by atoms with E-state index in [9.17, 15) is 0 Å². The molecule has 4 nitrogen and oxygen atoms in total. The summed E-state index contributed by atoms with van der Waals surface area (Å²) in [6.45, 7) is 0. The summed E-state index contributed by atoms with van der Waals surface area (Å²) in [5.41, 5.74) is 12.6. The highest BCUT2D eigenvalue weighted by atomic mass is 32.1. The van der Waals surface area contributed by atoms with Gasteiger partial charge in [-0.3, -0.25) is 4.40 Å². The number of imidazole rings is 1. The Morgan fingerprint density at radius 2 is 0.960 bits per heavy atom. The summed E-state index contributed by atoms with van der Waals surface area (Å²) in [4.78, 5) is 6.35. The molecule has 11 aromatic rings. The number of aromatic nitrogens is 4. The van der Waals surface area contributed by atoms with Crippen molar-refractivity contribution in [1.29, 1.82) is 0 Å². The van der Waals surface area contributed by atoms with Gasteiger partial charge in [0.05, 0.1) is 43.7 Å². The van der Waals surface area contributed by atoms with E-state index in [-0.39, 0.29) is 0 Å². The van der Waals surface area contributed by atoms with Gasteiger partial charge in [-0.25, -0.2) is 4.98 Å². The van der Waals surface area contributed by atoms with Crippen LogP contribution in [0.1, 0.15) is 0 Å². The van der Waals surface area contributed by atoms with Gasteiger partial charge < -0.3 is 9.13 Å². The van der Waals surface area contributed by atoms with Crippen LogP contribution in [0.3, 0.4) is 0 Å². The van der Waals surface area contributed by atoms with E-state index < -0.39 is 0 Å². The smallest absolute Gasteiger partial charge is 0.195 e. The van der Waals surface area contributed by atoms with Crippen LogP contribution in [0.5, 0.6) is 0 Å². The molecule has 0 fully saturated rings. The summed E-state index contributed by atoms with van der Waals surface area (Å²) in [5, 5.41) is 4.93. The molecule has 7 aromatic carbocycles. The number of fused-ring (bicyclic) bond motifs is 9. The zero-order chi connectivity index (χ0) is 32.8. The molecule has 0 radical (unpaired) electrons. The van der Waals surface area contributed by atoms with Gasteiger partial charge in [0.25, 0.3) is 0 Å². The Morgan fingerprint density at radius 3 is 1.70 bits per heavy atom. The second-order valence-corrected chi connectivity index (χ2v) is 13.8. The predicted molar refractivity (Wildman–Crippen MR) is 210 cm³/mol. The number of para-hydroxylation sites is 4. The van der Waals surface area contributed by atoms with Crippen LogP contribution in [0.25, 0.3) is 92.7 Å². The number of hydrogen-bond acceptors (Lipinski definition) is 2. The van der Waals surface area contributed by atoms with E-state index in [0.717, 1.165) is 38.9 Å². The maximum atomic E-state index is 5.35. The van der Waals surface area contributed by atoms with Crippen LogP contribution in [-0.4, -0.2) is 18.5 Å². The molecule has 4 aromatic heterocycles. The van der Waals surface area contributed by atoms with Gasteiger partial charge in [-0.2, -0.15) is 0 Å². The van der Waals surface area contributed by atoms with Crippen LogP contribution in [0, 0.1) is 0 Å². The van der Waals surface area contributed by atoms with E-state index in [1.807, 2.05) is 0 Å². The lowest BCUT2D eigenvalue weighted by molar-refractivity contribution is 1.16. The molecule has 234 valence electrons. The third-order valence-electron chi connectivity index (χ3n) is 10.1. The molecule has 0 amide bonds. The molecular formula is C45H28N4S. The Hall–Kier alpha value is -6.43. The first-order chi connectivity index (χ1) is 24.8. The minimum absolute atomic E-state index is 0.995. The first kappa shape index (κ1) is 27.5. The lowest BCUT2D eigenvalue weighted by Crippen LogP contribution is -1.95. The van der Waals surface area contributed by atoms with Crippen LogP contribution in [0.2, 0.25) is 0 Å². The second-order valence-electron chi connectivity index (χ2n) is 12.8. The number of benzene rings is 7. The second kappa shape index (κ2) is 10.5. The fraction of sp³-hybridized carbons (Fsp3) is 0. The van der Waals surface area contributed by atoms with Crippen molar-refractivity contribution >= 4 is 70.1 Å². The maximum absolute atomic E-state index is 5.35. The largest absolute Gasteiger partial charge is 0.309 e. The molecule has 11 rings (SSSR count). The van der Waals surface area contributed by atoms with Crippen LogP contribution in [0.15, 0.2) is 170 Å². The number of hydrogen-bond donors (Lipinski definition) is 0. The number of thiazole rings is 1. The molecular weight excluding hydrogens is 629 g/mol. The molecule has 50 heavy (non-hydrogen) atoms. The maximum Gasteiger partial charge on any atom is 0.195 e. The Labute approximate surface area is 291 Å². The third-order valence-corrected chi connectivity index (χ3v) is 11.1. The summed E-state index contributed by atoms with van der Waals surface area (Å²) in [6, 6.07) is 61.2. The van der Waals surface area contributed by atoms with Crippen molar-refractivity contribution in [1.82, 2.24) is 18.5 Å². The molecule has 0 saturated carbocycles. The average Bonchev–Trinajstić information content (AvgIpc) is 3.91. The first-order valence-electron chi connectivity index (χ1n) is 16.9. The SMILES string of the molecule is c1ccc(-c2c(-c3ccc4c(c3)c3cc(-n5c6ccccc6c6ccccc65)ccc3n4-c3ccccc3)nc3sc4ccccc4n23)cc1. The van der Waals surface area contributed by atoms with Gasteiger partial charge in [0.15, 0.2) is 4.96 Å². The van der Waals surface area contributed by atoms with Gasteiger partial charge in [0, 0.05) is 44.0 Å². The topological polar surface area (TPSA) is 27.2 Å². The van der Waals surface area contributed by atoms with Crippen molar-refractivity contribution in [2.75, 3.05) is 0 Å². The highest BCUT2D eigenvalue weighted by Gasteiger charge is 2.22. The Morgan fingerprint density at radius 1 is 0.400 bits per heavy atom. The van der Waals surface area contributed by atoms with Crippen molar-refractivity contribution in [3.63, 3.8) is 0 Å². The lowest BCUT2D eigenvalue weighted by Gasteiger charge is -2.10. The van der Waals surface area contributed by atoms with Gasteiger partial charge in [-0.15, -0.1) is 0 Å². The minimum atomic E-state index is 0.995. The summed E-state index contributed by atoms with van der Waals surface area (Å²) < 4.78 is 8.36. The lowest BCUT2D eigenvalue weighted by atomic mass is 10.0. The summed E-state index contributed by atoms with van der Waals surface area (Å²) in [5.74, 6) is 0. The van der Waals surface area contributed by atoms with Crippen molar-refractivity contribution in [2.24, 2.45) is 0 Å². The molecule has 0 aliphatic rings. The first-order valence-corrected chi connectivity index (χ1v) is 17.7. The van der Waals surface area contributed by atoms with Crippen molar-refractivity contribution < 1.29 is 0 Å². The van der Waals surface area contributed by atoms with Crippen molar-refractivity contribution in [3.8, 4) is 33.9 Å².